The smallest absolute Gasteiger partial charge is 0.325 e. The van der Waals surface area contributed by atoms with Crippen LogP contribution in [-0.4, -0.2) is 15.0 Å². The summed E-state index contributed by atoms with van der Waals surface area (Å²) >= 11 is 1.30. The first-order chi connectivity index (χ1) is 13.0. The second-order valence-corrected chi connectivity index (χ2v) is 7.33. The highest BCUT2D eigenvalue weighted by Crippen LogP contribution is 2.16. The molecular weight excluding hydrogens is 362 g/mol. The van der Waals surface area contributed by atoms with Gasteiger partial charge in [-0.1, -0.05) is 32.4 Å². The Morgan fingerprint density at radius 3 is 2.70 bits per heavy atom. The number of benzene rings is 1. The zero-order chi connectivity index (χ0) is 19.4. The zero-order valence-electron chi connectivity index (χ0n) is 15.5. The molecule has 7 heteroatoms. The van der Waals surface area contributed by atoms with Crippen LogP contribution in [0.2, 0.25) is 0 Å². The van der Waals surface area contributed by atoms with E-state index in [0.29, 0.717) is 22.4 Å². The number of nitrogens with one attached hydrogen (secondary N) is 1. The number of fused-ring (bicyclic) bond motifs is 1. The fourth-order valence-electron chi connectivity index (χ4n) is 3.01. The second-order valence-electron chi connectivity index (χ2n) is 6.42. The Labute approximate surface area is 161 Å². The summed E-state index contributed by atoms with van der Waals surface area (Å²) in [6.07, 6.45) is 2.49. The maximum Gasteiger partial charge on any atom is 0.332 e. The number of aromatic nitrogens is 2. The third-order valence-electron chi connectivity index (χ3n) is 4.49. The van der Waals surface area contributed by atoms with Crippen molar-refractivity contribution in [3.8, 4) is 0 Å². The summed E-state index contributed by atoms with van der Waals surface area (Å²) in [4.78, 5) is 38.0. The third-order valence-corrected chi connectivity index (χ3v) is 5.38. The molecule has 27 heavy (non-hydrogen) atoms. The van der Waals surface area contributed by atoms with Crippen LogP contribution in [-0.2, 0) is 24.3 Å². The number of unbranched alkanes of at least 4 members (excludes halogenated alkanes) is 1. The summed E-state index contributed by atoms with van der Waals surface area (Å²) in [5, 5.41) is 4.62. The van der Waals surface area contributed by atoms with Crippen molar-refractivity contribution < 1.29 is 4.79 Å². The summed E-state index contributed by atoms with van der Waals surface area (Å²) in [5.74, 6) is -0.293. The summed E-state index contributed by atoms with van der Waals surface area (Å²) in [5.41, 5.74) is 1.63. The highest BCUT2D eigenvalue weighted by Gasteiger charge is 2.16. The lowest BCUT2D eigenvalue weighted by atomic mass is 10.1. The van der Waals surface area contributed by atoms with E-state index in [9.17, 15) is 14.4 Å². The Kier molecular flexibility index (Phi) is 5.91. The summed E-state index contributed by atoms with van der Waals surface area (Å²) in [7, 11) is 0. The van der Waals surface area contributed by atoms with Gasteiger partial charge in [-0.05, 0) is 42.0 Å². The normalized spacial score (nSPS) is 11.0. The van der Waals surface area contributed by atoms with E-state index in [1.54, 1.807) is 11.4 Å². The van der Waals surface area contributed by atoms with E-state index < -0.39 is 5.69 Å². The number of hydrogen-bond acceptors (Lipinski definition) is 4. The Morgan fingerprint density at radius 1 is 1.15 bits per heavy atom. The van der Waals surface area contributed by atoms with E-state index in [0.717, 1.165) is 24.8 Å². The number of carbonyl (C=O) groups is 1. The van der Waals surface area contributed by atoms with E-state index in [-0.39, 0.29) is 18.0 Å². The van der Waals surface area contributed by atoms with E-state index in [4.69, 9.17) is 0 Å². The lowest BCUT2D eigenvalue weighted by molar-refractivity contribution is -0.116. The van der Waals surface area contributed by atoms with Crippen molar-refractivity contribution in [3.63, 3.8) is 0 Å². The predicted octanol–water partition coefficient (Wildman–Crippen LogP) is 3.23. The molecule has 0 saturated heterocycles. The molecule has 2 heterocycles. The van der Waals surface area contributed by atoms with Crippen LogP contribution in [0.3, 0.4) is 0 Å². The van der Waals surface area contributed by atoms with Crippen LogP contribution in [0.4, 0.5) is 5.69 Å². The van der Waals surface area contributed by atoms with Gasteiger partial charge in [-0.15, -0.1) is 11.3 Å². The number of carbonyl (C=O) groups excluding carboxylic acids is 1. The molecule has 3 aromatic rings. The molecule has 0 aliphatic rings. The SMILES string of the molecule is CCCCn1c(=O)c2sccc2n(CC(=O)Nc2cccc(CC)c2)c1=O. The number of amides is 1. The molecule has 0 radical (unpaired) electrons. The molecule has 0 atom stereocenters. The molecule has 0 aliphatic heterocycles. The first kappa shape index (κ1) is 19.1. The molecule has 0 fully saturated rings. The van der Waals surface area contributed by atoms with Crippen LogP contribution in [0.5, 0.6) is 0 Å². The summed E-state index contributed by atoms with van der Waals surface area (Å²) < 4.78 is 3.14. The largest absolute Gasteiger partial charge is 0.332 e. The van der Waals surface area contributed by atoms with Crippen LogP contribution >= 0.6 is 11.3 Å². The standard InChI is InChI=1S/C20H23N3O3S/c1-3-5-10-22-19(25)18-16(9-11-27-18)23(20(22)26)13-17(24)21-15-8-6-7-14(4-2)12-15/h6-9,11-12H,3-5,10,13H2,1-2H3,(H,21,24). The van der Waals surface area contributed by atoms with E-state index in [2.05, 4.69) is 5.32 Å². The van der Waals surface area contributed by atoms with Crippen LogP contribution in [0.25, 0.3) is 10.2 Å². The lowest BCUT2D eigenvalue weighted by Crippen LogP contribution is -2.41. The summed E-state index contributed by atoms with van der Waals surface area (Å²) in [6.45, 7) is 4.29. The molecule has 3 rings (SSSR count). The van der Waals surface area contributed by atoms with Crippen molar-refractivity contribution >= 4 is 33.1 Å². The molecule has 142 valence electrons. The fraction of sp³-hybridized carbons (Fsp3) is 0.350. The minimum atomic E-state index is -0.434. The Bertz CT molecular complexity index is 1080. The molecule has 6 nitrogen and oxygen atoms in total. The summed E-state index contributed by atoms with van der Waals surface area (Å²) in [6, 6.07) is 9.35. The maximum absolute atomic E-state index is 12.8. The second kappa shape index (κ2) is 8.35. The Morgan fingerprint density at radius 2 is 1.96 bits per heavy atom. The van der Waals surface area contributed by atoms with Gasteiger partial charge in [-0.3, -0.25) is 18.7 Å². The number of nitrogens with zero attached hydrogens (tertiary/aromatic N) is 2. The number of rotatable bonds is 7. The van der Waals surface area contributed by atoms with Crippen molar-refractivity contribution in [2.75, 3.05) is 5.32 Å². The minimum Gasteiger partial charge on any atom is -0.325 e. The van der Waals surface area contributed by atoms with Gasteiger partial charge in [0.05, 0.1) is 5.52 Å². The van der Waals surface area contributed by atoms with Crippen LogP contribution in [0, 0.1) is 0 Å². The van der Waals surface area contributed by atoms with E-state index in [1.807, 2.05) is 38.1 Å². The minimum absolute atomic E-state index is 0.130. The maximum atomic E-state index is 12.8. The van der Waals surface area contributed by atoms with Gasteiger partial charge in [-0.2, -0.15) is 0 Å². The monoisotopic (exact) mass is 385 g/mol. The molecule has 2 aromatic heterocycles. The van der Waals surface area contributed by atoms with Gasteiger partial charge in [0.1, 0.15) is 11.2 Å². The molecule has 0 bridgehead atoms. The van der Waals surface area contributed by atoms with E-state index >= 15 is 0 Å². The van der Waals surface area contributed by atoms with Gasteiger partial charge < -0.3 is 5.32 Å². The molecule has 0 unspecified atom stereocenters. The van der Waals surface area contributed by atoms with Crippen LogP contribution in [0.15, 0.2) is 45.3 Å². The van der Waals surface area contributed by atoms with Crippen molar-refractivity contribution in [1.82, 2.24) is 9.13 Å². The van der Waals surface area contributed by atoms with Crippen molar-refractivity contribution in [2.45, 2.75) is 46.2 Å². The first-order valence-corrected chi connectivity index (χ1v) is 10.0. The average molecular weight is 385 g/mol. The van der Waals surface area contributed by atoms with Gasteiger partial charge in [-0.25, -0.2) is 4.79 Å². The highest BCUT2D eigenvalue weighted by atomic mass is 32.1. The molecule has 0 spiro atoms. The van der Waals surface area contributed by atoms with Crippen LogP contribution in [0.1, 0.15) is 32.3 Å². The van der Waals surface area contributed by atoms with Gasteiger partial charge >= 0.3 is 5.69 Å². The molecule has 0 saturated carbocycles. The van der Waals surface area contributed by atoms with Gasteiger partial charge in [0.15, 0.2) is 0 Å². The average Bonchev–Trinajstić information content (AvgIpc) is 3.15. The molecule has 0 aliphatic carbocycles. The molecule has 1 N–H and O–H groups in total. The first-order valence-electron chi connectivity index (χ1n) is 9.14. The fourth-order valence-corrected chi connectivity index (χ4v) is 3.86. The number of anilines is 1. The quantitative estimate of drug-likeness (QED) is 0.679. The van der Waals surface area contributed by atoms with Crippen molar-refractivity contribution in [3.05, 3.63) is 62.1 Å². The number of hydrogen-bond donors (Lipinski definition) is 1. The zero-order valence-corrected chi connectivity index (χ0v) is 16.3. The van der Waals surface area contributed by atoms with Crippen LogP contribution < -0.4 is 16.6 Å². The Balaban J connectivity index is 1.93. The predicted molar refractivity (Wildman–Crippen MR) is 110 cm³/mol. The van der Waals surface area contributed by atoms with Crippen molar-refractivity contribution in [1.29, 1.82) is 0 Å². The molecule has 1 amide bonds. The van der Waals surface area contributed by atoms with Crippen molar-refractivity contribution in [2.24, 2.45) is 0 Å². The van der Waals surface area contributed by atoms with Gasteiger partial charge in [0, 0.05) is 12.2 Å². The molecule has 1 aromatic carbocycles. The topological polar surface area (TPSA) is 73.1 Å². The lowest BCUT2D eigenvalue weighted by Gasteiger charge is -2.12. The molecular formula is C20H23N3O3S. The Hall–Kier alpha value is -2.67. The number of aryl methyl sites for hydroxylation is 1. The third kappa shape index (κ3) is 4.03. The van der Waals surface area contributed by atoms with Gasteiger partial charge in [0.25, 0.3) is 5.56 Å². The van der Waals surface area contributed by atoms with E-state index in [1.165, 1.54) is 20.5 Å². The van der Waals surface area contributed by atoms with Gasteiger partial charge in [0.2, 0.25) is 5.91 Å². The highest BCUT2D eigenvalue weighted by molar-refractivity contribution is 7.17. The number of thiophene rings is 1.